The maximum Gasteiger partial charge on any atom is 0.0736 e. The lowest BCUT2D eigenvalue weighted by Crippen LogP contribution is -2.35. The van der Waals surface area contributed by atoms with Crippen LogP contribution in [0.15, 0.2) is 30.7 Å². The van der Waals surface area contributed by atoms with Gasteiger partial charge in [-0.25, -0.2) is 0 Å². The number of fused-ring (bicyclic) bond motifs is 1. The van der Waals surface area contributed by atoms with Gasteiger partial charge in [-0.2, -0.15) is 5.10 Å². The molecule has 2 aromatic heterocycles. The van der Waals surface area contributed by atoms with Crippen LogP contribution in [0, 0.1) is 5.92 Å². The topological polar surface area (TPSA) is 43.2 Å². The van der Waals surface area contributed by atoms with Gasteiger partial charge in [-0.1, -0.05) is 0 Å². The Kier molecular flexibility index (Phi) is 4.63. The van der Waals surface area contributed by atoms with Crippen molar-refractivity contribution in [2.45, 2.75) is 45.3 Å². The molecule has 1 aliphatic heterocycles. The van der Waals surface area contributed by atoms with Crippen LogP contribution in [0.2, 0.25) is 0 Å². The predicted molar refractivity (Wildman–Crippen MR) is 92.5 cm³/mol. The molecule has 0 N–H and O–H groups in total. The third-order valence-electron chi connectivity index (χ3n) is 4.98. The molecule has 1 atom stereocenters. The molecule has 0 unspecified atom stereocenters. The summed E-state index contributed by atoms with van der Waals surface area (Å²) in [5, 5.41) is 4.81. The highest BCUT2D eigenvalue weighted by Gasteiger charge is 2.29. The average molecular weight is 326 g/mol. The molecule has 0 saturated heterocycles. The lowest BCUT2D eigenvalue weighted by Gasteiger charge is -2.31. The van der Waals surface area contributed by atoms with E-state index in [1.807, 2.05) is 12.4 Å². The van der Waals surface area contributed by atoms with E-state index in [0.717, 1.165) is 45.3 Å². The zero-order valence-electron chi connectivity index (χ0n) is 14.4. The molecule has 1 saturated carbocycles. The van der Waals surface area contributed by atoms with Crippen molar-refractivity contribution < 1.29 is 4.74 Å². The Morgan fingerprint density at radius 1 is 1.21 bits per heavy atom. The van der Waals surface area contributed by atoms with Crippen molar-refractivity contribution in [2.24, 2.45) is 5.92 Å². The Hall–Kier alpha value is -1.72. The van der Waals surface area contributed by atoms with Gasteiger partial charge in [0.05, 0.1) is 12.3 Å². The highest BCUT2D eigenvalue weighted by atomic mass is 16.5. The number of aromatic nitrogens is 3. The fourth-order valence-corrected chi connectivity index (χ4v) is 3.47. The summed E-state index contributed by atoms with van der Waals surface area (Å²) < 4.78 is 8.07. The van der Waals surface area contributed by atoms with Crippen molar-refractivity contribution in [2.75, 3.05) is 19.8 Å². The summed E-state index contributed by atoms with van der Waals surface area (Å²) >= 11 is 0. The molecule has 0 radical (unpaired) electrons. The van der Waals surface area contributed by atoms with Gasteiger partial charge in [-0.05, 0) is 43.4 Å². The van der Waals surface area contributed by atoms with Gasteiger partial charge in [0.2, 0.25) is 0 Å². The highest BCUT2D eigenvalue weighted by molar-refractivity contribution is 5.25. The fourth-order valence-electron chi connectivity index (χ4n) is 3.47. The van der Waals surface area contributed by atoms with Crippen molar-refractivity contribution >= 4 is 0 Å². The van der Waals surface area contributed by atoms with Gasteiger partial charge in [0.25, 0.3) is 0 Å². The maximum absolute atomic E-state index is 6.01. The maximum atomic E-state index is 6.01. The normalized spacial score (nSPS) is 21.0. The SMILES string of the molecule is CCn1cc2c(n1)[C@@H](COCC1CC1)CN(Cc1ccncc1)C2. The molecule has 0 bridgehead atoms. The van der Waals surface area contributed by atoms with Crippen molar-refractivity contribution in [3.05, 3.63) is 47.5 Å². The Labute approximate surface area is 143 Å². The summed E-state index contributed by atoms with van der Waals surface area (Å²) in [7, 11) is 0. The third kappa shape index (κ3) is 3.68. The van der Waals surface area contributed by atoms with E-state index >= 15 is 0 Å². The Morgan fingerprint density at radius 2 is 2.04 bits per heavy atom. The first-order valence-electron chi connectivity index (χ1n) is 9.07. The molecular weight excluding hydrogens is 300 g/mol. The summed E-state index contributed by atoms with van der Waals surface area (Å²) in [6.45, 7) is 7.72. The molecule has 1 fully saturated rings. The van der Waals surface area contributed by atoms with E-state index in [2.05, 4.69) is 39.8 Å². The number of nitrogens with zero attached hydrogens (tertiary/aromatic N) is 4. The van der Waals surface area contributed by atoms with Gasteiger partial charge >= 0.3 is 0 Å². The van der Waals surface area contributed by atoms with E-state index in [4.69, 9.17) is 9.84 Å². The van der Waals surface area contributed by atoms with Crippen molar-refractivity contribution in [1.29, 1.82) is 0 Å². The number of rotatable bonds is 7. The first-order chi connectivity index (χ1) is 11.8. The minimum Gasteiger partial charge on any atom is -0.380 e. The Bertz CT molecular complexity index is 665. The molecule has 2 aliphatic rings. The van der Waals surface area contributed by atoms with Crippen LogP contribution in [0.1, 0.15) is 42.5 Å². The summed E-state index contributed by atoms with van der Waals surface area (Å²) in [4.78, 5) is 6.62. The van der Waals surface area contributed by atoms with E-state index in [-0.39, 0.29) is 0 Å². The average Bonchev–Trinajstić information content (AvgIpc) is 3.32. The van der Waals surface area contributed by atoms with Crippen LogP contribution in [0.5, 0.6) is 0 Å². The smallest absolute Gasteiger partial charge is 0.0736 e. The molecule has 0 aromatic carbocycles. The van der Waals surface area contributed by atoms with Crippen molar-refractivity contribution in [3.8, 4) is 0 Å². The fraction of sp³-hybridized carbons (Fsp3) is 0.579. The Morgan fingerprint density at radius 3 is 2.79 bits per heavy atom. The molecule has 2 aromatic rings. The molecule has 5 heteroatoms. The number of aryl methyl sites for hydroxylation is 1. The molecule has 3 heterocycles. The summed E-state index contributed by atoms with van der Waals surface area (Å²) in [5.41, 5.74) is 3.92. The zero-order valence-corrected chi connectivity index (χ0v) is 14.4. The van der Waals surface area contributed by atoms with Gasteiger partial charge in [0.15, 0.2) is 0 Å². The lowest BCUT2D eigenvalue weighted by molar-refractivity contribution is 0.0881. The van der Waals surface area contributed by atoms with Crippen LogP contribution in [-0.4, -0.2) is 39.4 Å². The minimum atomic E-state index is 0.377. The van der Waals surface area contributed by atoms with Gasteiger partial charge in [0, 0.05) is 62.9 Å². The summed E-state index contributed by atoms with van der Waals surface area (Å²) in [6, 6.07) is 4.20. The van der Waals surface area contributed by atoms with E-state index in [9.17, 15) is 0 Å². The third-order valence-corrected chi connectivity index (χ3v) is 4.98. The van der Waals surface area contributed by atoms with Gasteiger partial charge in [-0.15, -0.1) is 0 Å². The molecule has 0 amide bonds. The number of pyridine rings is 1. The number of hydrogen-bond acceptors (Lipinski definition) is 4. The largest absolute Gasteiger partial charge is 0.380 e. The van der Waals surface area contributed by atoms with Crippen LogP contribution < -0.4 is 0 Å². The molecule has 0 spiro atoms. The second-order valence-corrected chi connectivity index (χ2v) is 7.10. The van der Waals surface area contributed by atoms with Crippen LogP contribution >= 0.6 is 0 Å². The van der Waals surface area contributed by atoms with Crippen LogP contribution in [0.25, 0.3) is 0 Å². The van der Waals surface area contributed by atoms with Gasteiger partial charge in [-0.3, -0.25) is 14.6 Å². The first-order valence-corrected chi connectivity index (χ1v) is 9.07. The highest BCUT2D eigenvalue weighted by Crippen LogP contribution is 2.31. The minimum absolute atomic E-state index is 0.377. The van der Waals surface area contributed by atoms with Gasteiger partial charge < -0.3 is 4.74 Å². The molecule has 128 valence electrons. The zero-order chi connectivity index (χ0) is 16.4. The summed E-state index contributed by atoms with van der Waals surface area (Å²) in [6.07, 6.45) is 8.64. The van der Waals surface area contributed by atoms with E-state index in [1.54, 1.807) is 0 Å². The molecule has 1 aliphatic carbocycles. The van der Waals surface area contributed by atoms with Crippen LogP contribution in [0.3, 0.4) is 0 Å². The summed E-state index contributed by atoms with van der Waals surface area (Å²) in [5.74, 6) is 1.19. The predicted octanol–water partition coefficient (Wildman–Crippen LogP) is 2.82. The van der Waals surface area contributed by atoms with Crippen molar-refractivity contribution in [3.63, 3.8) is 0 Å². The number of ether oxygens (including phenoxy) is 1. The standard InChI is InChI=1S/C19H26N4O/c1-2-23-12-17-10-22(9-15-5-7-20-8-6-15)11-18(19(17)21-23)14-24-13-16-3-4-16/h5-8,12,16,18H,2-4,9-11,13-14H2,1H3/t18-/m1/s1. The monoisotopic (exact) mass is 326 g/mol. The van der Waals surface area contributed by atoms with Crippen LogP contribution in [0.4, 0.5) is 0 Å². The van der Waals surface area contributed by atoms with Gasteiger partial charge in [0.1, 0.15) is 0 Å². The van der Waals surface area contributed by atoms with Crippen LogP contribution in [-0.2, 0) is 24.4 Å². The second-order valence-electron chi connectivity index (χ2n) is 7.10. The first kappa shape index (κ1) is 15.8. The van der Waals surface area contributed by atoms with E-state index < -0.39 is 0 Å². The molecular formula is C19H26N4O. The Balaban J connectivity index is 1.47. The number of hydrogen-bond donors (Lipinski definition) is 0. The molecule has 4 rings (SSSR count). The lowest BCUT2D eigenvalue weighted by atomic mass is 9.97. The second kappa shape index (κ2) is 7.03. The molecule has 5 nitrogen and oxygen atoms in total. The quantitative estimate of drug-likeness (QED) is 0.785. The molecule has 24 heavy (non-hydrogen) atoms. The van der Waals surface area contributed by atoms with E-state index in [1.165, 1.54) is 29.7 Å². The van der Waals surface area contributed by atoms with Crippen molar-refractivity contribution in [1.82, 2.24) is 19.7 Å². The van der Waals surface area contributed by atoms with E-state index in [0.29, 0.717) is 5.92 Å².